The van der Waals surface area contributed by atoms with Crippen LogP contribution >= 0.6 is 0 Å². The van der Waals surface area contributed by atoms with E-state index in [2.05, 4.69) is 20.8 Å². The van der Waals surface area contributed by atoms with E-state index in [9.17, 15) is 14.4 Å². The molecule has 3 N–H and O–H groups in total. The summed E-state index contributed by atoms with van der Waals surface area (Å²) < 4.78 is 1.40. The molecule has 8 heteroatoms. The Balaban J connectivity index is 1.93. The number of hydrogen-bond acceptors (Lipinski definition) is 5. The normalized spacial score (nSPS) is 10.5. The van der Waals surface area contributed by atoms with Crippen LogP contribution in [0.15, 0.2) is 52.2 Å². The molecule has 0 fully saturated rings. The van der Waals surface area contributed by atoms with E-state index in [1.165, 1.54) is 16.8 Å². The van der Waals surface area contributed by atoms with Gasteiger partial charge in [-0.25, -0.2) is 4.98 Å². The number of rotatable bonds is 4. The Labute approximate surface area is 136 Å². The van der Waals surface area contributed by atoms with Crippen LogP contribution < -0.4 is 22.0 Å². The summed E-state index contributed by atoms with van der Waals surface area (Å²) in [5.74, 6) is -0.427. The van der Waals surface area contributed by atoms with E-state index in [1.807, 2.05) is 0 Å². The lowest BCUT2D eigenvalue weighted by atomic mass is 10.2. The van der Waals surface area contributed by atoms with Gasteiger partial charge in [0.2, 0.25) is 5.95 Å². The summed E-state index contributed by atoms with van der Waals surface area (Å²) in [4.78, 5) is 42.9. The molecule has 0 aliphatic carbocycles. The van der Waals surface area contributed by atoms with Gasteiger partial charge in [0.05, 0.1) is 10.9 Å². The second-order valence-electron chi connectivity index (χ2n) is 4.99. The van der Waals surface area contributed by atoms with Crippen LogP contribution in [0.5, 0.6) is 0 Å². The molecule has 8 nitrogen and oxygen atoms in total. The molecule has 0 unspecified atom stereocenters. The molecule has 0 saturated heterocycles. The van der Waals surface area contributed by atoms with Gasteiger partial charge in [0.1, 0.15) is 5.56 Å². The molecule has 0 atom stereocenters. The summed E-state index contributed by atoms with van der Waals surface area (Å²) >= 11 is 0. The van der Waals surface area contributed by atoms with Crippen molar-refractivity contribution >= 4 is 22.8 Å². The highest BCUT2D eigenvalue weighted by Crippen LogP contribution is 2.10. The van der Waals surface area contributed by atoms with Crippen molar-refractivity contribution in [3.63, 3.8) is 0 Å². The van der Waals surface area contributed by atoms with Crippen LogP contribution in [0.1, 0.15) is 17.3 Å². The predicted octanol–water partition coefficient (Wildman–Crippen LogP) is 0.862. The van der Waals surface area contributed by atoms with Crippen molar-refractivity contribution in [2.45, 2.75) is 13.5 Å². The van der Waals surface area contributed by atoms with Crippen molar-refractivity contribution in [1.82, 2.24) is 20.0 Å². The minimum Gasteiger partial charge on any atom is -0.328 e. The average Bonchev–Trinajstić information content (AvgIpc) is 2.60. The monoisotopic (exact) mass is 325 g/mol. The molecular formula is C16H15N5O3. The van der Waals surface area contributed by atoms with Crippen LogP contribution in [-0.4, -0.2) is 20.4 Å². The van der Waals surface area contributed by atoms with E-state index in [0.717, 1.165) is 0 Å². The smallest absolute Gasteiger partial charge is 0.275 e. The van der Waals surface area contributed by atoms with Crippen LogP contribution in [0.25, 0.3) is 10.9 Å². The Morgan fingerprint density at radius 1 is 1.21 bits per heavy atom. The first-order chi connectivity index (χ1) is 11.6. The number of H-pyrrole nitrogens is 1. The van der Waals surface area contributed by atoms with Crippen LogP contribution in [0.3, 0.4) is 0 Å². The van der Waals surface area contributed by atoms with Crippen molar-refractivity contribution in [3.8, 4) is 0 Å². The van der Waals surface area contributed by atoms with Crippen molar-refractivity contribution in [1.29, 1.82) is 0 Å². The summed E-state index contributed by atoms with van der Waals surface area (Å²) in [7, 11) is 0. The molecule has 2 aromatic heterocycles. The fourth-order valence-electron chi connectivity index (χ4n) is 2.34. The summed E-state index contributed by atoms with van der Waals surface area (Å²) in [6.45, 7) is 2.17. The van der Waals surface area contributed by atoms with Crippen molar-refractivity contribution in [3.05, 3.63) is 68.9 Å². The Kier molecular flexibility index (Phi) is 4.11. The molecule has 0 radical (unpaired) electrons. The number of carbonyl (C=O) groups excluding carboxylic acids is 1. The maximum absolute atomic E-state index is 12.5. The molecule has 2 heterocycles. The number of carbonyl (C=O) groups is 1. The molecule has 24 heavy (non-hydrogen) atoms. The van der Waals surface area contributed by atoms with E-state index in [4.69, 9.17) is 0 Å². The summed E-state index contributed by atoms with van der Waals surface area (Å²) in [5, 5.41) is 0.496. The number of hydrogen-bond donors (Lipinski definition) is 3. The number of hydrazine groups is 1. The van der Waals surface area contributed by atoms with Gasteiger partial charge in [-0.1, -0.05) is 12.1 Å². The molecule has 0 bridgehead atoms. The second-order valence-corrected chi connectivity index (χ2v) is 4.99. The van der Waals surface area contributed by atoms with Crippen LogP contribution in [0.2, 0.25) is 0 Å². The highest BCUT2D eigenvalue weighted by atomic mass is 16.2. The number of anilines is 1. The van der Waals surface area contributed by atoms with Gasteiger partial charge < -0.3 is 4.98 Å². The highest BCUT2D eigenvalue weighted by Gasteiger charge is 2.12. The van der Waals surface area contributed by atoms with E-state index in [0.29, 0.717) is 17.4 Å². The van der Waals surface area contributed by atoms with Crippen LogP contribution in [0, 0.1) is 0 Å². The van der Waals surface area contributed by atoms with Gasteiger partial charge in [-0.15, -0.1) is 0 Å². The Morgan fingerprint density at radius 3 is 2.75 bits per heavy atom. The first kappa shape index (κ1) is 15.5. The van der Waals surface area contributed by atoms with Gasteiger partial charge >= 0.3 is 0 Å². The van der Waals surface area contributed by atoms with Gasteiger partial charge in [-0.05, 0) is 31.2 Å². The third kappa shape index (κ3) is 2.76. The topological polar surface area (TPSA) is 109 Å². The van der Waals surface area contributed by atoms with Gasteiger partial charge in [0.15, 0.2) is 0 Å². The number of nitrogens with one attached hydrogen (secondary N) is 3. The number of para-hydroxylation sites is 1. The van der Waals surface area contributed by atoms with E-state index < -0.39 is 11.5 Å². The van der Waals surface area contributed by atoms with Gasteiger partial charge in [-0.2, -0.15) is 0 Å². The molecule has 3 rings (SSSR count). The molecule has 1 aromatic carbocycles. The van der Waals surface area contributed by atoms with Crippen LogP contribution in [-0.2, 0) is 6.54 Å². The number of aromatic amines is 1. The van der Waals surface area contributed by atoms with Crippen molar-refractivity contribution < 1.29 is 4.79 Å². The minimum atomic E-state index is -0.623. The lowest BCUT2D eigenvalue weighted by molar-refractivity contribution is 0.0960. The minimum absolute atomic E-state index is 0.0452. The maximum Gasteiger partial charge on any atom is 0.275 e. The maximum atomic E-state index is 12.5. The summed E-state index contributed by atoms with van der Waals surface area (Å²) in [6, 6.07) is 9.90. The lowest BCUT2D eigenvalue weighted by Gasteiger charge is -2.13. The molecular weight excluding hydrogens is 310 g/mol. The Bertz CT molecular complexity index is 1020. The van der Waals surface area contributed by atoms with Crippen molar-refractivity contribution in [2.75, 3.05) is 5.43 Å². The molecule has 0 spiro atoms. The molecule has 0 saturated carbocycles. The van der Waals surface area contributed by atoms with Crippen LogP contribution in [0.4, 0.5) is 5.95 Å². The number of nitrogens with zero attached hydrogens (tertiary/aromatic N) is 2. The molecule has 0 aliphatic heterocycles. The number of amides is 1. The van der Waals surface area contributed by atoms with E-state index >= 15 is 0 Å². The fraction of sp³-hybridized carbons (Fsp3) is 0.125. The molecule has 122 valence electrons. The van der Waals surface area contributed by atoms with E-state index in [1.54, 1.807) is 37.3 Å². The molecule has 0 aliphatic rings. The van der Waals surface area contributed by atoms with Gasteiger partial charge in [-0.3, -0.25) is 29.8 Å². The fourth-order valence-corrected chi connectivity index (χ4v) is 2.34. The van der Waals surface area contributed by atoms with Crippen molar-refractivity contribution in [2.24, 2.45) is 0 Å². The zero-order valence-electron chi connectivity index (χ0n) is 12.9. The SMILES string of the molecule is CCn1c(NNC(=O)c2ccc[nH]c2=O)nc2ccccc2c1=O. The Hall–Kier alpha value is -3.42. The number of benzene rings is 1. The lowest BCUT2D eigenvalue weighted by Crippen LogP contribution is -2.36. The standard InChI is InChI=1S/C16H15N5O3/c1-2-21-15(24)10-6-3-4-8-12(10)18-16(21)20-19-14(23)11-7-5-9-17-13(11)22/h3-9H,2H2,1H3,(H,17,22)(H,18,20)(H,19,23). The molecule has 1 amide bonds. The number of aromatic nitrogens is 3. The summed E-state index contributed by atoms with van der Waals surface area (Å²) in [6.07, 6.45) is 1.44. The number of pyridine rings is 1. The zero-order valence-corrected chi connectivity index (χ0v) is 12.9. The number of fused-ring (bicyclic) bond motifs is 1. The molecule has 3 aromatic rings. The van der Waals surface area contributed by atoms with E-state index in [-0.39, 0.29) is 17.1 Å². The first-order valence-electron chi connectivity index (χ1n) is 7.35. The third-order valence-corrected chi connectivity index (χ3v) is 3.53. The van der Waals surface area contributed by atoms with Gasteiger partial charge in [0, 0.05) is 12.7 Å². The second kappa shape index (κ2) is 6.37. The first-order valence-corrected chi connectivity index (χ1v) is 7.35. The largest absolute Gasteiger partial charge is 0.328 e. The zero-order chi connectivity index (χ0) is 17.1. The Morgan fingerprint density at radius 2 is 2.00 bits per heavy atom. The third-order valence-electron chi connectivity index (χ3n) is 3.53. The predicted molar refractivity (Wildman–Crippen MR) is 89.8 cm³/mol. The quantitative estimate of drug-likeness (QED) is 0.617. The highest BCUT2D eigenvalue weighted by molar-refractivity contribution is 5.94. The average molecular weight is 325 g/mol. The van der Waals surface area contributed by atoms with Gasteiger partial charge in [0.25, 0.3) is 17.0 Å². The summed E-state index contributed by atoms with van der Waals surface area (Å²) in [5.41, 5.74) is 4.77.